The summed E-state index contributed by atoms with van der Waals surface area (Å²) in [6, 6.07) is 3.18. The van der Waals surface area contributed by atoms with Crippen LogP contribution < -0.4 is 16.0 Å². The molecule has 0 atom stereocenters. The second-order valence-corrected chi connectivity index (χ2v) is 6.93. The van der Waals surface area contributed by atoms with Gasteiger partial charge in [-0.15, -0.1) is 4.83 Å². The zero-order valence-electron chi connectivity index (χ0n) is 8.62. The lowest BCUT2D eigenvalue weighted by molar-refractivity contribution is 0.577. The van der Waals surface area contributed by atoms with E-state index in [9.17, 15) is 8.42 Å². The van der Waals surface area contributed by atoms with Crippen LogP contribution >= 0.6 is 44.1 Å². The number of halogens is 2. The van der Waals surface area contributed by atoms with E-state index in [-0.39, 0.29) is 10.0 Å². The van der Waals surface area contributed by atoms with Crippen LogP contribution in [-0.2, 0) is 10.0 Å². The van der Waals surface area contributed by atoms with Crippen molar-refractivity contribution < 1.29 is 8.42 Å². The van der Waals surface area contributed by atoms with Gasteiger partial charge < -0.3 is 5.73 Å². The minimum Gasteiger partial charge on any atom is -0.375 e. The number of nitrogens with one attached hydrogen (secondary N) is 2. The van der Waals surface area contributed by atoms with Crippen molar-refractivity contribution in [3.8, 4) is 0 Å². The number of hydrogen-bond acceptors (Lipinski definition) is 3. The summed E-state index contributed by atoms with van der Waals surface area (Å²) < 4.78 is 24.9. The highest BCUT2D eigenvalue weighted by atomic mass is 79.9. The van der Waals surface area contributed by atoms with Crippen LogP contribution in [-0.4, -0.2) is 13.5 Å². The highest BCUT2D eigenvalue weighted by molar-refractivity contribution is 9.11. The number of rotatable bonds is 3. The summed E-state index contributed by atoms with van der Waals surface area (Å²) in [5.74, 6) is 0. The molecule has 0 saturated heterocycles. The number of nitrogens with two attached hydrogens (primary N) is 1. The van der Waals surface area contributed by atoms with Crippen molar-refractivity contribution in [3.05, 3.63) is 26.6 Å². The molecular formula is C8H9Br2N3O2S2. The smallest absolute Gasteiger partial charge is 0.258 e. The van der Waals surface area contributed by atoms with Crippen LogP contribution in [0.15, 0.2) is 26.0 Å². The van der Waals surface area contributed by atoms with Gasteiger partial charge in [0.25, 0.3) is 10.0 Å². The molecule has 0 spiro atoms. The molecule has 0 amide bonds. The lowest BCUT2D eigenvalue weighted by Crippen LogP contribution is -2.44. The third-order valence-electron chi connectivity index (χ3n) is 1.81. The molecule has 0 heterocycles. The Labute approximate surface area is 121 Å². The maximum atomic E-state index is 11.9. The molecule has 0 radical (unpaired) electrons. The number of thiocarbonyl (C=S) groups is 1. The van der Waals surface area contributed by atoms with Crippen LogP contribution in [0, 0.1) is 6.92 Å². The average Bonchev–Trinajstić information content (AvgIpc) is 2.20. The Hall–Kier alpha value is -0.220. The quantitative estimate of drug-likeness (QED) is 0.527. The van der Waals surface area contributed by atoms with Gasteiger partial charge in [-0.05, 0) is 52.8 Å². The van der Waals surface area contributed by atoms with Crippen LogP contribution in [0.25, 0.3) is 0 Å². The third-order valence-corrected chi connectivity index (χ3v) is 4.97. The first-order valence-corrected chi connectivity index (χ1v) is 7.74. The Balaban J connectivity index is 3.15. The first kappa shape index (κ1) is 14.8. The van der Waals surface area contributed by atoms with Gasteiger partial charge in [0.2, 0.25) is 0 Å². The van der Waals surface area contributed by atoms with Crippen molar-refractivity contribution in [2.45, 2.75) is 11.8 Å². The molecule has 0 saturated carbocycles. The fourth-order valence-electron chi connectivity index (χ4n) is 1.01. The fourth-order valence-corrected chi connectivity index (χ4v) is 3.66. The molecule has 5 nitrogen and oxygen atoms in total. The zero-order valence-corrected chi connectivity index (χ0v) is 13.4. The Morgan fingerprint density at radius 3 is 2.47 bits per heavy atom. The predicted molar refractivity (Wildman–Crippen MR) is 76.8 cm³/mol. The summed E-state index contributed by atoms with van der Waals surface area (Å²) in [7, 11) is -3.73. The van der Waals surface area contributed by atoms with E-state index >= 15 is 0 Å². The number of sulfonamides is 1. The van der Waals surface area contributed by atoms with E-state index in [0.717, 1.165) is 5.56 Å². The fraction of sp³-hybridized carbons (Fsp3) is 0.125. The van der Waals surface area contributed by atoms with Gasteiger partial charge in [0.05, 0.1) is 4.90 Å². The second kappa shape index (κ2) is 5.61. The number of aryl methyl sites for hydroxylation is 1. The molecule has 0 aliphatic heterocycles. The summed E-state index contributed by atoms with van der Waals surface area (Å²) in [6.45, 7) is 1.85. The van der Waals surface area contributed by atoms with E-state index in [1.165, 1.54) is 6.07 Å². The normalized spacial score (nSPS) is 11.2. The van der Waals surface area contributed by atoms with Gasteiger partial charge in [0.1, 0.15) is 0 Å². The number of hydrazine groups is 1. The molecule has 4 N–H and O–H groups in total. The van der Waals surface area contributed by atoms with Gasteiger partial charge in [-0.2, -0.15) is 0 Å². The van der Waals surface area contributed by atoms with Gasteiger partial charge in [-0.25, -0.2) is 8.42 Å². The van der Waals surface area contributed by atoms with Crippen molar-refractivity contribution in [2.24, 2.45) is 5.73 Å². The lowest BCUT2D eigenvalue weighted by atomic mass is 10.2. The molecule has 94 valence electrons. The predicted octanol–water partition coefficient (Wildman–Crippen LogP) is 1.55. The maximum absolute atomic E-state index is 11.9. The molecule has 1 aromatic rings. The lowest BCUT2D eigenvalue weighted by Gasteiger charge is -2.10. The third kappa shape index (κ3) is 3.88. The van der Waals surface area contributed by atoms with E-state index < -0.39 is 10.0 Å². The summed E-state index contributed by atoms with van der Waals surface area (Å²) in [4.78, 5) is 2.15. The minimum absolute atomic E-state index is 0.0822. The SMILES string of the molecule is Cc1cc(Br)c(S(=O)(=O)NNC(N)=S)cc1Br. The highest BCUT2D eigenvalue weighted by Crippen LogP contribution is 2.28. The molecule has 0 fully saturated rings. The summed E-state index contributed by atoms with van der Waals surface area (Å²) in [5.41, 5.74) is 8.24. The topological polar surface area (TPSA) is 84.2 Å². The van der Waals surface area contributed by atoms with Gasteiger partial charge in [0.15, 0.2) is 5.11 Å². The average molecular weight is 403 g/mol. The number of hydrogen-bond donors (Lipinski definition) is 3. The van der Waals surface area contributed by atoms with Crippen LogP contribution in [0.4, 0.5) is 0 Å². The molecule has 0 aliphatic rings. The highest BCUT2D eigenvalue weighted by Gasteiger charge is 2.18. The van der Waals surface area contributed by atoms with Crippen molar-refractivity contribution >= 4 is 59.2 Å². The summed E-state index contributed by atoms with van der Waals surface area (Å²) >= 11 is 11.0. The molecule has 9 heteroatoms. The molecule has 17 heavy (non-hydrogen) atoms. The monoisotopic (exact) mass is 401 g/mol. The van der Waals surface area contributed by atoms with E-state index in [4.69, 9.17) is 5.73 Å². The minimum atomic E-state index is -3.73. The van der Waals surface area contributed by atoms with Gasteiger partial charge in [-0.1, -0.05) is 15.9 Å². The van der Waals surface area contributed by atoms with Gasteiger partial charge in [0, 0.05) is 8.95 Å². The van der Waals surface area contributed by atoms with Crippen molar-refractivity contribution in [3.63, 3.8) is 0 Å². The van der Waals surface area contributed by atoms with E-state index in [1.54, 1.807) is 6.07 Å². The van der Waals surface area contributed by atoms with Crippen LogP contribution in [0.5, 0.6) is 0 Å². The molecule has 0 aromatic heterocycles. The van der Waals surface area contributed by atoms with Gasteiger partial charge in [-0.3, -0.25) is 5.43 Å². The molecule has 1 rings (SSSR count). The molecular weight excluding hydrogens is 394 g/mol. The van der Waals surface area contributed by atoms with Crippen molar-refractivity contribution in [1.82, 2.24) is 10.3 Å². The Morgan fingerprint density at radius 2 is 1.94 bits per heavy atom. The molecule has 0 aliphatic carbocycles. The Morgan fingerprint density at radius 1 is 1.35 bits per heavy atom. The Bertz CT molecular complexity index is 560. The van der Waals surface area contributed by atoms with Crippen molar-refractivity contribution in [1.29, 1.82) is 0 Å². The largest absolute Gasteiger partial charge is 0.375 e. The first-order chi connectivity index (χ1) is 7.74. The summed E-state index contributed by atoms with van der Waals surface area (Å²) in [5, 5.41) is -0.157. The van der Waals surface area contributed by atoms with Crippen LogP contribution in [0.3, 0.4) is 0 Å². The second-order valence-electron chi connectivity index (χ2n) is 3.13. The zero-order chi connectivity index (χ0) is 13.2. The van der Waals surface area contributed by atoms with Crippen molar-refractivity contribution in [2.75, 3.05) is 0 Å². The standard InChI is InChI=1S/C8H9Br2N3O2S2/c1-4-2-6(10)7(3-5(4)9)17(14,15)13-12-8(11)16/h2-3,13H,1H3,(H3,11,12,16). The molecule has 0 bridgehead atoms. The van der Waals surface area contributed by atoms with Gasteiger partial charge >= 0.3 is 0 Å². The van der Waals surface area contributed by atoms with Crippen LogP contribution in [0.1, 0.15) is 5.56 Å². The van der Waals surface area contributed by atoms with Crippen LogP contribution in [0.2, 0.25) is 0 Å². The van der Waals surface area contributed by atoms with E-state index in [2.05, 4.69) is 54.3 Å². The number of benzene rings is 1. The molecule has 1 aromatic carbocycles. The molecule has 0 unspecified atom stereocenters. The Kier molecular flexibility index (Phi) is 4.90. The maximum Gasteiger partial charge on any atom is 0.258 e. The summed E-state index contributed by atoms with van der Waals surface area (Å²) in [6.07, 6.45) is 0. The van der Waals surface area contributed by atoms with E-state index in [0.29, 0.717) is 8.95 Å². The van der Waals surface area contributed by atoms with E-state index in [1.807, 2.05) is 6.92 Å². The first-order valence-electron chi connectivity index (χ1n) is 4.27.